The van der Waals surface area contributed by atoms with E-state index in [2.05, 4.69) is 0 Å². The Kier molecular flexibility index (Phi) is 4.73. The average molecular weight is 418 g/mol. The van der Waals surface area contributed by atoms with E-state index in [0.29, 0.717) is 0 Å². The molecule has 5 unspecified atom stereocenters. The first-order valence-corrected chi connectivity index (χ1v) is 10.6. The van der Waals surface area contributed by atoms with E-state index in [-0.39, 0.29) is 53.8 Å². The summed E-state index contributed by atoms with van der Waals surface area (Å²) in [6.07, 6.45) is 4.93. The number of carbonyl (C=O) groups is 3. The lowest BCUT2D eigenvalue weighted by molar-refractivity contribution is -0.147. The number of hydrogen-bond acceptors (Lipinski definition) is 3. The summed E-state index contributed by atoms with van der Waals surface area (Å²) in [5.41, 5.74) is 1.62. The first-order valence-electron chi connectivity index (χ1n) is 10.6. The molecule has 5 rings (SSSR count). The molecule has 2 aromatic carbocycles. The summed E-state index contributed by atoms with van der Waals surface area (Å²) < 4.78 is 13.5. The summed E-state index contributed by atoms with van der Waals surface area (Å²) in [7, 11) is 1.65. The van der Waals surface area contributed by atoms with Crippen LogP contribution in [-0.2, 0) is 14.4 Å². The Morgan fingerprint density at radius 3 is 2.10 bits per heavy atom. The van der Waals surface area contributed by atoms with Gasteiger partial charge in [-0.1, -0.05) is 54.6 Å². The van der Waals surface area contributed by atoms with Crippen molar-refractivity contribution < 1.29 is 18.8 Å². The number of halogens is 1. The van der Waals surface area contributed by atoms with Crippen molar-refractivity contribution in [2.75, 3.05) is 13.6 Å². The van der Waals surface area contributed by atoms with Gasteiger partial charge in [0.15, 0.2) is 0 Å². The summed E-state index contributed by atoms with van der Waals surface area (Å²) in [4.78, 5) is 41.8. The second kappa shape index (κ2) is 7.45. The molecule has 6 heteroatoms. The maximum absolute atomic E-state index is 13.5. The zero-order chi connectivity index (χ0) is 21.7. The fourth-order valence-corrected chi connectivity index (χ4v) is 5.43. The van der Waals surface area contributed by atoms with Crippen LogP contribution in [0.4, 0.5) is 4.39 Å². The highest BCUT2D eigenvalue weighted by Gasteiger charge is 2.59. The molecule has 0 aromatic heterocycles. The van der Waals surface area contributed by atoms with Gasteiger partial charge in [-0.3, -0.25) is 19.3 Å². The largest absolute Gasteiger partial charge is 0.333 e. The third kappa shape index (κ3) is 3.17. The maximum Gasteiger partial charge on any atom is 0.243 e. The Hall–Kier alpha value is -3.28. The van der Waals surface area contributed by atoms with E-state index < -0.39 is 6.04 Å². The molecule has 5 nitrogen and oxygen atoms in total. The van der Waals surface area contributed by atoms with E-state index in [4.69, 9.17) is 0 Å². The van der Waals surface area contributed by atoms with Crippen molar-refractivity contribution >= 4 is 17.7 Å². The number of allylic oxidation sites excluding steroid dienone is 2. The Labute approximate surface area is 180 Å². The number of likely N-dealkylation sites (N-methyl/N-ethyl adjacent to an activating group) is 1. The van der Waals surface area contributed by atoms with Gasteiger partial charge in [0.05, 0.1) is 17.9 Å². The van der Waals surface area contributed by atoms with Crippen LogP contribution in [0.15, 0.2) is 66.7 Å². The molecule has 2 bridgehead atoms. The molecular formula is C25H23FN2O3. The summed E-state index contributed by atoms with van der Waals surface area (Å²) in [6, 6.07) is 15.0. The summed E-state index contributed by atoms with van der Waals surface area (Å²) >= 11 is 0. The Morgan fingerprint density at radius 1 is 0.968 bits per heavy atom. The number of fused-ring (bicyclic) bond motifs is 5. The van der Waals surface area contributed by atoms with Crippen LogP contribution in [0.3, 0.4) is 0 Å². The zero-order valence-electron chi connectivity index (χ0n) is 17.1. The minimum absolute atomic E-state index is 0.112. The summed E-state index contributed by atoms with van der Waals surface area (Å²) in [6.45, 7) is -0.273. The van der Waals surface area contributed by atoms with Crippen LogP contribution < -0.4 is 0 Å². The smallest absolute Gasteiger partial charge is 0.243 e. The van der Waals surface area contributed by atoms with E-state index >= 15 is 0 Å². The molecule has 0 N–H and O–H groups in total. The molecule has 0 spiro atoms. The minimum Gasteiger partial charge on any atom is -0.333 e. The molecule has 0 radical (unpaired) electrons. The van der Waals surface area contributed by atoms with Crippen LogP contribution >= 0.6 is 0 Å². The molecule has 158 valence electrons. The number of amides is 3. The lowest BCUT2D eigenvalue weighted by atomic mass is 9.85. The Morgan fingerprint density at radius 2 is 1.52 bits per heavy atom. The third-order valence-corrected chi connectivity index (χ3v) is 6.94. The average Bonchev–Trinajstić information content (AvgIpc) is 3.46. The van der Waals surface area contributed by atoms with E-state index in [1.54, 1.807) is 19.2 Å². The molecule has 1 aliphatic heterocycles. The van der Waals surface area contributed by atoms with Crippen LogP contribution in [0.1, 0.15) is 23.6 Å². The van der Waals surface area contributed by atoms with Gasteiger partial charge < -0.3 is 4.90 Å². The standard InChI is InChI=1S/C25H23FN2O3/c1-27(23(15-5-3-2-4-6-15)16-9-11-19(26)12-10-16)20(29)14-28-24(30)21-17-7-8-18(13-17)22(21)25(28)31/h2-12,17-18,21-23H,13-14H2,1H3. The van der Waals surface area contributed by atoms with Gasteiger partial charge in [0, 0.05) is 7.05 Å². The molecule has 5 atom stereocenters. The molecular weight excluding hydrogens is 395 g/mol. The van der Waals surface area contributed by atoms with Crippen LogP contribution in [0, 0.1) is 29.5 Å². The number of carbonyl (C=O) groups excluding carboxylic acids is 3. The lowest BCUT2D eigenvalue weighted by Crippen LogP contribution is -2.43. The number of imide groups is 1. The van der Waals surface area contributed by atoms with Gasteiger partial charge in [0.25, 0.3) is 0 Å². The van der Waals surface area contributed by atoms with E-state index in [1.807, 2.05) is 42.5 Å². The van der Waals surface area contributed by atoms with Gasteiger partial charge in [-0.05, 0) is 41.5 Å². The van der Waals surface area contributed by atoms with Crippen LogP contribution in [0.2, 0.25) is 0 Å². The molecule has 2 fully saturated rings. The molecule has 2 aliphatic carbocycles. The minimum atomic E-state index is -0.459. The predicted octanol–water partition coefficient (Wildman–Crippen LogP) is 3.18. The van der Waals surface area contributed by atoms with Crippen LogP contribution in [-0.4, -0.2) is 41.1 Å². The normalized spacial score (nSPS) is 27.0. The molecule has 1 saturated carbocycles. The number of nitrogens with zero attached hydrogens (tertiary/aromatic N) is 2. The van der Waals surface area contributed by atoms with E-state index in [9.17, 15) is 18.8 Å². The highest BCUT2D eigenvalue weighted by molar-refractivity contribution is 6.08. The molecule has 31 heavy (non-hydrogen) atoms. The molecule has 3 amide bonds. The topological polar surface area (TPSA) is 57.7 Å². The van der Waals surface area contributed by atoms with Gasteiger partial charge in [-0.25, -0.2) is 4.39 Å². The fraction of sp³-hybridized carbons (Fsp3) is 0.320. The number of likely N-dealkylation sites (tertiary alicyclic amines) is 1. The van der Waals surface area contributed by atoms with Crippen molar-refractivity contribution in [3.63, 3.8) is 0 Å². The molecule has 2 aromatic rings. The second-order valence-electron chi connectivity index (χ2n) is 8.63. The first kappa shape index (κ1) is 19.7. The van der Waals surface area contributed by atoms with Crippen molar-refractivity contribution in [1.82, 2.24) is 9.80 Å². The maximum atomic E-state index is 13.5. The summed E-state index contributed by atoms with van der Waals surface area (Å²) in [5, 5.41) is 0. The molecule has 3 aliphatic rings. The Balaban J connectivity index is 1.39. The van der Waals surface area contributed by atoms with Crippen LogP contribution in [0.25, 0.3) is 0 Å². The van der Waals surface area contributed by atoms with Gasteiger partial charge in [0.2, 0.25) is 17.7 Å². The van der Waals surface area contributed by atoms with Gasteiger partial charge in [-0.2, -0.15) is 0 Å². The van der Waals surface area contributed by atoms with Gasteiger partial charge >= 0.3 is 0 Å². The Bertz CT molecular complexity index is 1040. The first-order chi connectivity index (χ1) is 15.0. The number of benzene rings is 2. The monoisotopic (exact) mass is 418 g/mol. The van der Waals surface area contributed by atoms with Crippen molar-refractivity contribution in [3.05, 3.63) is 83.7 Å². The predicted molar refractivity (Wildman–Crippen MR) is 112 cm³/mol. The highest BCUT2D eigenvalue weighted by Crippen LogP contribution is 2.52. The lowest BCUT2D eigenvalue weighted by Gasteiger charge is -2.30. The number of hydrogen-bond donors (Lipinski definition) is 0. The van der Waals surface area contributed by atoms with E-state index in [1.165, 1.54) is 17.0 Å². The molecule has 1 saturated heterocycles. The van der Waals surface area contributed by atoms with Gasteiger partial charge in [-0.15, -0.1) is 0 Å². The van der Waals surface area contributed by atoms with Crippen molar-refractivity contribution in [3.8, 4) is 0 Å². The van der Waals surface area contributed by atoms with Crippen molar-refractivity contribution in [2.45, 2.75) is 12.5 Å². The van der Waals surface area contributed by atoms with Crippen molar-refractivity contribution in [1.29, 1.82) is 0 Å². The number of rotatable bonds is 5. The van der Waals surface area contributed by atoms with E-state index in [0.717, 1.165) is 22.4 Å². The van der Waals surface area contributed by atoms with Gasteiger partial charge in [0.1, 0.15) is 12.4 Å². The van der Waals surface area contributed by atoms with Crippen LogP contribution in [0.5, 0.6) is 0 Å². The van der Waals surface area contributed by atoms with Crippen molar-refractivity contribution in [2.24, 2.45) is 23.7 Å². The SMILES string of the molecule is CN(C(=O)CN1C(=O)C2C3C=CC(C3)C2C1=O)C(c1ccccc1)c1ccc(F)cc1. The fourth-order valence-electron chi connectivity index (χ4n) is 5.43. The quantitative estimate of drug-likeness (QED) is 0.554. The second-order valence-corrected chi connectivity index (χ2v) is 8.63. The third-order valence-electron chi connectivity index (χ3n) is 6.94. The highest BCUT2D eigenvalue weighted by atomic mass is 19.1. The zero-order valence-corrected chi connectivity index (χ0v) is 17.1. The summed E-state index contributed by atoms with van der Waals surface area (Å²) in [5.74, 6) is -1.56. The molecule has 1 heterocycles.